The van der Waals surface area contributed by atoms with Crippen LogP contribution in [0.1, 0.15) is 37.5 Å². The van der Waals surface area contributed by atoms with Crippen molar-refractivity contribution >= 4 is 47.7 Å². The van der Waals surface area contributed by atoms with Crippen LogP contribution in [0.25, 0.3) is 18.2 Å². The fourth-order valence-electron chi connectivity index (χ4n) is 6.44. The highest BCUT2D eigenvalue weighted by molar-refractivity contribution is 6.11. The molecule has 0 amide bonds. The standard InChI is InChI=1S/C45H36O10/c1-27-41(50)40-43(38(28(2)46)42(27)55-37(49)25-22-32-18-12-7-13-19-32)54-34-26-33(53-36(48)24-21-31-16-10-6-11-17-31)39(44(51)45(34,40)4)29(3)52-35(47)23-20-30-14-8-5-9-15-30/h5-27,42,50H,3H2,1-2,4H3/b23-20+,24-21+,25-22+/t27?,42-,45+/m1/s1. The number of ketones is 2. The number of hydrogen-bond donors (Lipinski definition) is 1. The number of carbonyl (C=O) groups excluding carboxylic acids is 5. The first-order valence-corrected chi connectivity index (χ1v) is 17.3. The molecule has 1 saturated heterocycles. The van der Waals surface area contributed by atoms with E-state index in [2.05, 4.69) is 6.58 Å². The van der Waals surface area contributed by atoms with Gasteiger partial charge in [-0.3, -0.25) is 9.59 Å². The molecule has 1 unspecified atom stereocenters. The number of fused-ring (bicyclic) bond motifs is 3. The molecule has 0 saturated carbocycles. The molecule has 1 aliphatic heterocycles. The predicted molar refractivity (Wildman–Crippen MR) is 203 cm³/mol. The molecule has 1 heterocycles. The van der Waals surface area contributed by atoms with Crippen molar-refractivity contribution in [3.8, 4) is 0 Å². The van der Waals surface area contributed by atoms with Gasteiger partial charge in [0, 0.05) is 24.3 Å². The fraction of sp³-hybridized carbons (Fsp3) is 0.133. The predicted octanol–water partition coefficient (Wildman–Crippen LogP) is 7.70. The summed E-state index contributed by atoms with van der Waals surface area (Å²) in [5.41, 5.74) is -0.184. The smallest absolute Gasteiger partial charge is 0.336 e. The quantitative estimate of drug-likeness (QED) is 0.0901. The summed E-state index contributed by atoms with van der Waals surface area (Å²) in [6.45, 7) is 8.09. The van der Waals surface area contributed by atoms with Gasteiger partial charge in [-0.15, -0.1) is 0 Å². The van der Waals surface area contributed by atoms with Gasteiger partial charge in [-0.25, -0.2) is 14.4 Å². The highest BCUT2D eigenvalue weighted by Crippen LogP contribution is 2.58. The normalized spacial score (nSPS) is 20.6. The second-order valence-electron chi connectivity index (χ2n) is 13.0. The first kappa shape index (κ1) is 37.7. The van der Waals surface area contributed by atoms with Gasteiger partial charge >= 0.3 is 17.9 Å². The highest BCUT2D eigenvalue weighted by atomic mass is 16.6. The van der Waals surface area contributed by atoms with Crippen molar-refractivity contribution in [2.45, 2.75) is 26.9 Å². The van der Waals surface area contributed by atoms with Gasteiger partial charge < -0.3 is 24.1 Å². The number of allylic oxidation sites excluding steroid dienone is 4. The molecule has 0 spiro atoms. The van der Waals surface area contributed by atoms with Crippen molar-refractivity contribution in [2.75, 3.05) is 0 Å². The SMILES string of the molecule is C=C(OC(=O)/C=C/c1ccccc1)C1=C(OC(=O)/C=C/c2ccccc2)C=C2OC3=C(C(C)=O)[C@H](OC(=O)/C=C/c4ccccc4)C(C)C(O)=C3[C@@]2(C)C1=O. The second-order valence-corrected chi connectivity index (χ2v) is 13.0. The van der Waals surface area contributed by atoms with E-state index in [1.165, 1.54) is 38.2 Å². The maximum atomic E-state index is 14.8. The van der Waals surface area contributed by atoms with Crippen LogP contribution < -0.4 is 0 Å². The summed E-state index contributed by atoms with van der Waals surface area (Å²) < 4.78 is 23.1. The largest absolute Gasteiger partial charge is 0.511 e. The van der Waals surface area contributed by atoms with Gasteiger partial charge in [0.1, 0.15) is 45.9 Å². The third-order valence-corrected chi connectivity index (χ3v) is 9.26. The summed E-state index contributed by atoms with van der Waals surface area (Å²) in [6.07, 6.45) is 8.04. The maximum absolute atomic E-state index is 14.8. The van der Waals surface area contributed by atoms with Crippen LogP contribution >= 0.6 is 0 Å². The van der Waals surface area contributed by atoms with Crippen LogP contribution in [-0.2, 0) is 42.9 Å². The molecular formula is C45H36O10. The lowest BCUT2D eigenvalue weighted by molar-refractivity contribution is -0.144. The second kappa shape index (κ2) is 15.9. The van der Waals surface area contributed by atoms with Gasteiger partial charge in [-0.05, 0) is 48.8 Å². The monoisotopic (exact) mass is 736 g/mol. The van der Waals surface area contributed by atoms with E-state index in [0.717, 1.165) is 17.7 Å². The van der Waals surface area contributed by atoms with Crippen LogP contribution in [0.5, 0.6) is 0 Å². The lowest BCUT2D eigenvalue weighted by Crippen LogP contribution is -2.40. The molecule has 10 heteroatoms. The molecule has 3 atom stereocenters. The van der Waals surface area contributed by atoms with Gasteiger partial charge in [0.25, 0.3) is 0 Å². The van der Waals surface area contributed by atoms with Crippen molar-refractivity contribution in [3.05, 3.63) is 184 Å². The number of aliphatic hydroxyl groups excluding tert-OH is 1. The number of rotatable bonds is 11. The summed E-state index contributed by atoms with van der Waals surface area (Å²) in [6, 6.07) is 26.9. The lowest BCUT2D eigenvalue weighted by Gasteiger charge is -2.34. The van der Waals surface area contributed by atoms with Crippen molar-refractivity contribution < 1.29 is 48.0 Å². The van der Waals surface area contributed by atoms with Gasteiger partial charge in [0.15, 0.2) is 11.6 Å². The molecule has 6 rings (SSSR count). The van der Waals surface area contributed by atoms with Crippen LogP contribution in [0, 0.1) is 11.3 Å². The van der Waals surface area contributed by atoms with E-state index in [0.29, 0.717) is 11.1 Å². The Kier molecular flexibility index (Phi) is 10.9. The molecule has 0 radical (unpaired) electrons. The maximum Gasteiger partial charge on any atom is 0.336 e. The fourth-order valence-corrected chi connectivity index (χ4v) is 6.44. The Morgan fingerprint density at radius 1 is 0.782 bits per heavy atom. The molecular weight excluding hydrogens is 700 g/mol. The van der Waals surface area contributed by atoms with Crippen molar-refractivity contribution in [2.24, 2.45) is 11.3 Å². The summed E-state index contributed by atoms with van der Waals surface area (Å²) in [7, 11) is 0. The third kappa shape index (κ3) is 7.84. The van der Waals surface area contributed by atoms with Crippen LogP contribution in [-0.4, -0.2) is 40.7 Å². The van der Waals surface area contributed by atoms with Crippen LogP contribution in [0.15, 0.2) is 167 Å². The Morgan fingerprint density at radius 2 is 1.27 bits per heavy atom. The zero-order chi connectivity index (χ0) is 39.3. The van der Waals surface area contributed by atoms with E-state index in [-0.39, 0.29) is 39.8 Å². The number of aliphatic hydroxyl groups is 1. The number of carbonyl (C=O) groups is 5. The molecule has 10 nitrogen and oxygen atoms in total. The molecule has 55 heavy (non-hydrogen) atoms. The Bertz CT molecular complexity index is 2300. The summed E-state index contributed by atoms with van der Waals surface area (Å²) in [5.74, 6) is -6.32. The van der Waals surface area contributed by atoms with Gasteiger partial charge in [0.2, 0.25) is 0 Å². The first-order valence-electron chi connectivity index (χ1n) is 17.3. The topological polar surface area (TPSA) is 143 Å². The van der Waals surface area contributed by atoms with Crippen molar-refractivity contribution in [1.29, 1.82) is 0 Å². The molecule has 3 aromatic carbocycles. The summed E-state index contributed by atoms with van der Waals surface area (Å²) >= 11 is 0. The van der Waals surface area contributed by atoms with Gasteiger partial charge in [-0.1, -0.05) is 104 Å². The van der Waals surface area contributed by atoms with Crippen LogP contribution in [0.3, 0.4) is 0 Å². The van der Waals surface area contributed by atoms with E-state index in [1.54, 1.807) is 85.8 Å². The number of ether oxygens (including phenoxy) is 4. The van der Waals surface area contributed by atoms with Crippen molar-refractivity contribution in [1.82, 2.24) is 0 Å². The summed E-state index contributed by atoms with van der Waals surface area (Å²) in [4.78, 5) is 67.2. The van der Waals surface area contributed by atoms with Crippen LogP contribution in [0.4, 0.5) is 0 Å². The zero-order valence-corrected chi connectivity index (χ0v) is 30.2. The van der Waals surface area contributed by atoms with Crippen molar-refractivity contribution in [3.63, 3.8) is 0 Å². The Morgan fingerprint density at radius 3 is 1.78 bits per heavy atom. The first-order chi connectivity index (χ1) is 26.4. The molecule has 2 aliphatic carbocycles. The Hall–Kier alpha value is -7.07. The molecule has 0 bridgehead atoms. The van der Waals surface area contributed by atoms with Crippen LogP contribution in [0.2, 0.25) is 0 Å². The third-order valence-electron chi connectivity index (χ3n) is 9.26. The molecule has 276 valence electrons. The van der Waals surface area contributed by atoms with E-state index < -0.39 is 52.7 Å². The minimum absolute atomic E-state index is 0.0523. The zero-order valence-electron chi connectivity index (χ0n) is 30.2. The lowest BCUT2D eigenvalue weighted by atomic mass is 9.68. The molecule has 1 fully saturated rings. The average molecular weight is 737 g/mol. The number of hydrogen-bond acceptors (Lipinski definition) is 10. The minimum Gasteiger partial charge on any atom is -0.511 e. The highest BCUT2D eigenvalue weighted by Gasteiger charge is 2.60. The number of Topliss-reactive ketones (excluding diaryl/α,β-unsaturated/α-hetero) is 2. The number of benzene rings is 3. The van der Waals surface area contributed by atoms with E-state index in [9.17, 15) is 29.1 Å². The molecule has 3 aliphatic rings. The van der Waals surface area contributed by atoms with Gasteiger partial charge in [-0.2, -0.15) is 0 Å². The molecule has 0 aromatic heterocycles. The molecule has 3 aromatic rings. The number of esters is 3. The Balaban J connectivity index is 1.37. The minimum atomic E-state index is -1.82. The Labute approximate surface area is 317 Å². The van der Waals surface area contributed by atoms with E-state index in [4.69, 9.17) is 18.9 Å². The summed E-state index contributed by atoms with van der Waals surface area (Å²) in [5, 5.41) is 11.7. The van der Waals surface area contributed by atoms with E-state index >= 15 is 0 Å². The van der Waals surface area contributed by atoms with Gasteiger partial charge in [0.05, 0.1) is 17.1 Å². The average Bonchev–Trinajstić information content (AvgIpc) is 3.48. The van der Waals surface area contributed by atoms with E-state index in [1.807, 2.05) is 18.2 Å². The molecule has 1 N–H and O–H groups in total.